The summed E-state index contributed by atoms with van der Waals surface area (Å²) in [5.74, 6) is 2.95. The van der Waals surface area contributed by atoms with Crippen LogP contribution in [-0.4, -0.2) is 12.6 Å². The number of hydrogen-bond acceptors (Lipinski definition) is 2. The molecule has 2 aliphatic carbocycles. The molecule has 0 aliphatic heterocycles. The van der Waals surface area contributed by atoms with Crippen molar-refractivity contribution in [2.75, 3.05) is 6.61 Å². The Morgan fingerprint density at radius 1 is 1.17 bits per heavy atom. The van der Waals surface area contributed by atoms with Gasteiger partial charge >= 0.3 is 0 Å². The molecule has 0 radical (unpaired) electrons. The lowest BCUT2D eigenvalue weighted by Gasteiger charge is -2.19. The first-order valence-corrected chi connectivity index (χ1v) is 7.32. The minimum atomic E-state index is 0.742. The third-order valence-electron chi connectivity index (χ3n) is 4.06. The van der Waals surface area contributed by atoms with E-state index in [9.17, 15) is 0 Å². The molecule has 98 valence electrons. The molecule has 2 saturated carbocycles. The van der Waals surface area contributed by atoms with Crippen LogP contribution in [0.25, 0.3) is 0 Å². The van der Waals surface area contributed by atoms with E-state index in [2.05, 4.69) is 23.5 Å². The van der Waals surface area contributed by atoms with Gasteiger partial charge in [0.05, 0.1) is 6.61 Å². The van der Waals surface area contributed by atoms with Crippen LogP contribution in [0.3, 0.4) is 0 Å². The number of rotatable bonds is 7. The third kappa shape index (κ3) is 2.86. The van der Waals surface area contributed by atoms with Crippen molar-refractivity contribution >= 4 is 0 Å². The molecule has 0 unspecified atom stereocenters. The Balaban J connectivity index is 1.61. The van der Waals surface area contributed by atoms with Crippen molar-refractivity contribution < 1.29 is 4.74 Å². The van der Waals surface area contributed by atoms with Crippen LogP contribution in [0.2, 0.25) is 0 Å². The van der Waals surface area contributed by atoms with E-state index in [1.807, 2.05) is 13.0 Å². The Labute approximate surface area is 110 Å². The van der Waals surface area contributed by atoms with Crippen LogP contribution < -0.4 is 10.1 Å². The van der Waals surface area contributed by atoms with Crippen molar-refractivity contribution in [1.29, 1.82) is 0 Å². The first-order chi connectivity index (χ1) is 8.88. The van der Waals surface area contributed by atoms with Crippen molar-refractivity contribution in [3.05, 3.63) is 29.8 Å². The lowest BCUT2D eigenvalue weighted by atomic mass is 10.1. The maximum Gasteiger partial charge on any atom is 0.123 e. The molecule has 1 N–H and O–H groups in total. The SMILES string of the molecule is CCOc1ccccc1CNC(C1CC1)C1CC1. The minimum Gasteiger partial charge on any atom is -0.494 e. The Bertz CT molecular complexity index is 384. The fourth-order valence-electron chi connectivity index (χ4n) is 2.80. The molecule has 3 rings (SSSR count). The van der Waals surface area contributed by atoms with Gasteiger partial charge in [0.1, 0.15) is 5.75 Å². The Morgan fingerprint density at radius 2 is 1.83 bits per heavy atom. The molecule has 1 aromatic carbocycles. The standard InChI is InChI=1S/C16H23NO/c1-2-18-15-6-4-3-5-14(15)11-17-16(12-7-8-12)13-9-10-13/h3-6,12-13,16-17H,2,7-11H2,1H3. The fourth-order valence-corrected chi connectivity index (χ4v) is 2.80. The molecule has 0 atom stereocenters. The molecular formula is C16H23NO. The van der Waals surface area contributed by atoms with Gasteiger partial charge < -0.3 is 10.1 Å². The Hall–Kier alpha value is -1.02. The highest BCUT2D eigenvalue weighted by Gasteiger charge is 2.40. The molecule has 0 heterocycles. The van der Waals surface area contributed by atoms with Gasteiger partial charge in [0.25, 0.3) is 0 Å². The summed E-state index contributed by atoms with van der Waals surface area (Å²) in [6, 6.07) is 9.16. The van der Waals surface area contributed by atoms with E-state index in [0.29, 0.717) is 0 Å². The lowest BCUT2D eigenvalue weighted by molar-refractivity contribution is 0.332. The number of ether oxygens (including phenoxy) is 1. The zero-order chi connectivity index (χ0) is 12.4. The smallest absolute Gasteiger partial charge is 0.123 e. The summed E-state index contributed by atoms with van der Waals surface area (Å²) < 4.78 is 5.68. The molecule has 2 nitrogen and oxygen atoms in total. The fraction of sp³-hybridized carbons (Fsp3) is 0.625. The summed E-state index contributed by atoms with van der Waals surface area (Å²) in [7, 11) is 0. The van der Waals surface area contributed by atoms with Gasteiger partial charge in [0, 0.05) is 18.2 Å². The summed E-state index contributed by atoms with van der Waals surface area (Å²) in [5, 5.41) is 3.78. The van der Waals surface area contributed by atoms with Crippen LogP contribution >= 0.6 is 0 Å². The van der Waals surface area contributed by atoms with Crippen molar-refractivity contribution in [1.82, 2.24) is 5.32 Å². The second kappa shape index (κ2) is 5.31. The predicted molar refractivity (Wildman–Crippen MR) is 73.7 cm³/mol. The van der Waals surface area contributed by atoms with Gasteiger partial charge in [-0.25, -0.2) is 0 Å². The van der Waals surface area contributed by atoms with Gasteiger partial charge in [-0.1, -0.05) is 18.2 Å². The summed E-state index contributed by atoms with van der Waals surface area (Å²) >= 11 is 0. The molecule has 2 heteroatoms. The second-order valence-electron chi connectivity index (χ2n) is 5.62. The summed E-state index contributed by atoms with van der Waals surface area (Å²) in [5.41, 5.74) is 1.30. The lowest BCUT2D eigenvalue weighted by Crippen LogP contribution is -2.32. The molecular weight excluding hydrogens is 222 g/mol. The van der Waals surface area contributed by atoms with E-state index in [0.717, 1.165) is 36.8 Å². The number of hydrogen-bond donors (Lipinski definition) is 1. The topological polar surface area (TPSA) is 21.3 Å². The van der Waals surface area contributed by atoms with Gasteiger partial charge in [0.2, 0.25) is 0 Å². The normalized spacial score (nSPS) is 19.2. The van der Waals surface area contributed by atoms with E-state index < -0.39 is 0 Å². The van der Waals surface area contributed by atoms with E-state index >= 15 is 0 Å². The van der Waals surface area contributed by atoms with Gasteiger partial charge in [-0.3, -0.25) is 0 Å². The zero-order valence-electron chi connectivity index (χ0n) is 11.2. The molecule has 0 saturated heterocycles. The monoisotopic (exact) mass is 245 g/mol. The van der Waals surface area contributed by atoms with E-state index in [1.165, 1.54) is 31.2 Å². The molecule has 0 bridgehead atoms. The van der Waals surface area contributed by atoms with Crippen molar-refractivity contribution in [2.24, 2.45) is 11.8 Å². The molecule has 1 aromatic rings. The van der Waals surface area contributed by atoms with Crippen molar-refractivity contribution in [2.45, 2.75) is 45.2 Å². The molecule has 0 spiro atoms. The number of para-hydroxylation sites is 1. The number of nitrogens with one attached hydrogen (secondary N) is 1. The van der Waals surface area contributed by atoms with Crippen LogP contribution in [-0.2, 0) is 6.54 Å². The Morgan fingerprint density at radius 3 is 2.44 bits per heavy atom. The first-order valence-electron chi connectivity index (χ1n) is 7.32. The van der Waals surface area contributed by atoms with Crippen LogP contribution in [0.1, 0.15) is 38.2 Å². The highest BCUT2D eigenvalue weighted by Crippen LogP contribution is 2.44. The van der Waals surface area contributed by atoms with Gasteiger partial charge in [-0.2, -0.15) is 0 Å². The van der Waals surface area contributed by atoms with Crippen LogP contribution in [0.4, 0.5) is 0 Å². The van der Waals surface area contributed by atoms with Crippen molar-refractivity contribution in [3.63, 3.8) is 0 Å². The highest BCUT2D eigenvalue weighted by molar-refractivity contribution is 5.33. The summed E-state index contributed by atoms with van der Waals surface area (Å²) in [6.07, 6.45) is 5.73. The molecule has 18 heavy (non-hydrogen) atoms. The summed E-state index contributed by atoms with van der Waals surface area (Å²) in [6.45, 7) is 3.74. The van der Waals surface area contributed by atoms with Gasteiger partial charge in [0.15, 0.2) is 0 Å². The maximum absolute atomic E-state index is 5.68. The molecule has 0 aromatic heterocycles. The third-order valence-corrected chi connectivity index (χ3v) is 4.06. The van der Waals surface area contributed by atoms with Gasteiger partial charge in [-0.15, -0.1) is 0 Å². The maximum atomic E-state index is 5.68. The second-order valence-corrected chi connectivity index (χ2v) is 5.62. The summed E-state index contributed by atoms with van der Waals surface area (Å²) in [4.78, 5) is 0. The predicted octanol–water partition coefficient (Wildman–Crippen LogP) is 3.36. The first kappa shape index (κ1) is 12.0. The minimum absolute atomic E-state index is 0.742. The highest BCUT2D eigenvalue weighted by atomic mass is 16.5. The molecule has 2 aliphatic rings. The molecule has 0 amide bonds. The average molecular weight is 245 g/mol. The molecule has 2 fully saturated rings. The van der Waals surface area contributed by atoms with Crippen molar-refractivity contribution in [3.8, 4) is 5.75 Å². The Kier molecular flexibility index (Phi) is 3.55. The van der Waals surface area contributed by atoms with E-state index in [1.54, 1.807) is 0 Å². The van der Waals surface area contributed by atoms with Crippen LogP contribution in [0, 0.1) is 11.8 Å². The zero-order valence-corrected chi connectivity index (χ0v) is 11.2. The largest absolute Gasteiger partial charge is 0.494 e. The van der Waals surface area contributed by atoms with E-state index in [-0.39, 0.29) is 0 Å². The van der Waals surface area contributed by atoms with E-state index in [4.69, 9.17) is 4.74 Å². The van der Waals surface area contributed by atoms with Gasteiger partial charge in [-0.05, 0) is 50.5 Å². The van der Waals surface area contributed by atoms with Crippen LogP contribution in [0.15, 0.2) is 24.3 Å². The average Bonchev–Trinajstić information content (AvgIpc) is 3.26. The van der Waals surface area contributed by atoms with Crippen LogP contribution in [0.5, 0.6) is 5.75 Å². The quantitative estimate of drug-likeness (QED) is 0.795. The number of benzene rings is 1.